The highest BCUT2D eigenvalue weighted by molar-refractivity contribution is 7.94. The van der Waals surface area contributed by atoms with E-state index in [0.717, 1.165) is 9.80 Å². The van der Waals surface area contributed by atoms with Crippen LogP contribution in [0.25, 0.3) is 0 Å². The summed E-state index contributed by atoms with van der Waals surface area (Å²) in [6.45, 7) is 5.29. The fourth-order valence-corrected chi connectivity index (χ4v) is 11.5. The molecule has 4 aliphatic rings. The molecule has 0 N–H and O–H groups in total. The number of sulfone groups is 2. The maximum absolute atomic E-state index is 13.5. The number of nitrogens with zero attached hydrogens (tertiary/aromatic N) is 2. The minimum atomic E-state index is -3.92. The number of hydrogen-bond donors (Lipinski definition) is 0. The van der Waals surface area contributed by atoms with Crippen LogP contribution in [0.3, 0.4) is 0 Å². The van der Waals surface area contributed by atoms with Gasteiger partial charge in [-0.15, -0.1) is 0 Å². The van der Waals surface area contributed by atoms with Crippen molar-refractivity contribution in [2.75, 3.05) is 0 Å². The minimum Gasteiger partial charge on any atom is -0.425 e. The summed E-state index contributed by atoms with van der Waals surface area (Å²) >= 11 is 0. The Labute approximate surface area is 311 Å². The van der Waals surface area contributed by atoms with Crippen molar-refractivity contribution >= 4 is 55.4 Å². The van der Waals surface area contributed by atoms with Gasteiger partial charge >= 0.3 is 23.9 Å². The van der Waals surface area contributed by atoms with E-state index >= 15 is 0 Å². The number of carbonyl (C=O) groups is 6. The van der Waals surface area contributed by atoms with Crippen LogP contribution in [-0.4, -0.2) is 107 Å². The number of β-lactam (4-membered cyclic amide) rings is 2. The molecular weight excluding hydrogens is 749 g/mol. The Morgan fingerprint density at radius 1 is 0.611 bits per heavy atom. The van der Waals surface area contributed by atoms with E-state index in [0.29, 0.717) is 11.1 Å². The van der Waals surface area contributed by atoms with Crippen LogP contribution in [0.5, 0.6) is 0 Å². The molecule has 54 heavy (non-hydrogen) atoms. The van der Waals surface area contributed by atoms with Crippen LogP contribution in [0, 0.1) is 0 Å². The number of esters is 4. The highest BCUT2D eigenvalue weighted by Gasteiger charge is 2.69. The lowest BCUT2D eigenvalue weighted by molar-refractivity contribution is -0.198. The van der Waals surface area contributed by atoms with Crippen LogP contribution in [0.15, 0.2) is 60.7 Å². The van der Waals surface area contributed by atoms with Crippen LogP contribution in [-0.2, 0) is 80.2 Å². The fourth-order valence-electron chi connectivity index (χ4n) is 7.25. The third-order valence-corrected chi connectivity index (χ3v) is 16.0. The average Bonchev–Trinajstić information content (AvgIpc) is 3.31. The Morgan fingerprint density at radius 3 is 1.26 bits per heavy atom. The number of amides is 2. The van der Waals surface area contributed by atoms with Crippen molar-refractivity contribution in [3.8, 4) is 0 Å². The molecule has 2 aromatic rings. The molecule has 4 aliphatic heterocycles. The van der Waals surface area contributed by atoms with Gasteiger partial charge < -0.3 is 28.7 Å². The van der Waals surface area contributed by atoms with Crippen LogP contribution < -0.4 is 0 Å². The van der Waals surface area contributed by atoms with Crippen LogP contribution >= 0.6 is 0 Å². The molecule has 0 aliphatic carbocycles. The van der Waals surface area contributed by atoms with Crippen LogP contribution in [0.1, 0.15) is 64.5 Å². The largest absolute Gasteiger partial charge is 0.425 e. The Bertz CT molecular complexity index is 1940. The zero-order valence-electron chi connectivity index (χ0n) is 29.9. The van der Waals surface area contributed by atoms with Crippen LogP contribution in [0.4, 0.5) is 0 Å². The fraction of sp³-hybridized carbons (Fsp3) is 0.500. The first-order valence-corrected chi connectivity index (χ1v) is 20.3. The highest BCUT2D eigenvalue weighted by Crippen LogP contribution is 2.47. The van der Waals surface area contributed by atoms with E-state index < -0.39 is 113 Å². The van der Waals surface area contributed by atoms with Gasteiger partial charge in [-0.3, -0.25) is 19.2 Å². The molecular formula is C36H40N2O14S2. The zero-order valence-corrected chi connectivity index (χ0v) is 31.5. The van der Waals surface area contributed by atoms with Crippen molar-refractivity contribution in [1.82, 2.24) is 9.80 Å². The molecule has 18 heteroatoms. The molecule has 0 bridgehead atoms. The van der Waals surface area contributed by atoms with Gasteiger partial charge in [0.15, 0.2) is 19.7 Å². The first-order valence-electron chi connectivity index (χ1n) is 17.2. The summed E-state index contributed by atoms with van der Waals surface area (Å²) in [5.74, 6) is -5.21. The van der Waals surface area contributed by atoms with E-state index in [9.17, 15) is 45.6 Å². The van der Waals surface area contributed by atoms with Gasteiger partial charge in [-0.1, -0.05) is 60.7 Å². The smallest absolute Gasteiger partial charge is 0.333 e. The molecule has 290 valence electrons. The number of benzene rings is 2. The summed E-state index contributed by atoms with van der Waals surface area (Å²) in [6, 6.07) is 14.0. The van der Waals surface area contributed by atoms with Gasteiger partial charge in [0.05, 0.1) is 35.2 Å². The van der Waals surface area contributed by atoms with Gasteiger partial charge in [0.25, 0.3) is 12.6 Å². The van der Waals surface area contributed by atoms with E-state index in [1.807, 2.05) is 0 Å². The minimum absolute atomic E-state index is 0.136. The van der Waals surface area contributed by atoms with Gasteiger partial charge in [0.2, 0.25) is 11.8 Å². The Balaban J connectivity index is 1.11. The third-order valence-electron chi connectivity index (χ3n) is 10.4. The Hall–Kier alpha value is -4.84. The second-order valence-electron chi connectivity index (χ2n) is 14.6. The van der Waals surface area contributed by atoms with E-state index in [-0.39, 0.29) is 25.7 Å². The Morgan fingerprint density at radius 2 is 0.944 bits per heavy atom. The van der Waals surface area contributed by atoms with Crippen molar-refractivity contribution < 1.29 is 64.6 Å². The number of hydrogen-bond acceptors (Lipinski definition) is 14. The second-order valence-corrected chi connectivity index (χ2v) is 20.0. The quantitative estimate of drug-likeness (QED) is 0.159. The summed E-state index contributed by atoms with van der Waals surface area (Å²) in [5.41, 5.74) is 1.18. The molecule has 2 aromatic carbocycles. The molecule has 0 saturated carbocycles. The number of fused-ring (bicyclic) bond motifs is 2. The summed E-state index contributed by atoms with van der Waals surface area (Å²) in [4.78, 5) is 79.8. The summed E-state index contributed by atoms with van der Waals surface area (Å²) in [6.07, 6.45) is -5.07. The number of carbonyl (C=O) groups excluding carboxylic acids is 6. The van der Waals surface area contributed by atoms with Gasteiger partial charge in [-0.2, -0.15) is 0 Å². The van der Waals surface area contributed by atoms with Gasteiger partial charge in [-0.05, 0) is 38.8 Å². The van der Waals surface area contributed by atoms with E-state index in [1.54, 1.807) is 60.7 Å². The molecule has 4 fully saturated rings. The number of rotatable bonds is 13. The predicted molar refractivity (Wildman–Crippen MR) is 186 cm³/mol. The molecule has 2 amide bonds. The van der Waals surface area contributed by atoms with E-state index in [4.69, 9.17) is 18.9 Å². The second kappa shape index (κ2) is 14.1. The maximum Gasteiger partial charge on any atom is 0.333 e. The molecule has 0 aromatic heterocycles. The molecule has 16 nitrogen and oxygen atoms in total. The molecule has 0 radical (unpaired) electrons. The van der Waals surface area contributed by atoms with E-state index in [1.165, 1.54) is 27.7 Å². The first kappa shape index (κ1) is 38.9. The zero-order chi connectivity index (χ0) is 39.4. The summed E-state index contributed by atoms with van der Waals surface area (Å²) in [7, 11) is -7.83. The summed E-state index contributed by atoms with van der Waals surface area (Å²) in [5, 5.41) is -2.31. The third kappa shape index (κ3) is 6.73. The van der Waals surface area contributed by atoms with Crippen molar-refractivity contribution in [3.05, 3.63) is 71.8 Å². The van der Waals surface area contributed by atoms with Crippen LogP contribution in [0.2, 0.25) is 0 Å². The highest BCUT2D eigenvalue weighted by atomic mass is 32.2. The topological polar surface area (TPSA) is 214 Å². The van der Waals surface area contributed by atoms with Gasteiger partial charge in [-0.25, -0.2) is 26.4 Å². The molecule has 0 spiro atoms. The van der Waals surface area contributed by atoms with Crippen molar-refractivity contribution in [2.24, 2.45) is 0 Å². The van der Waals surface area contributed by atoms with E-state index in [2.05, 4.69) is 0 Å². The molecule has 4 saturated heterocycles. The van der Waals surface area contributed by atoms with Crippen molar-refractivity contribution in [1.29, 1.82) is 0 Å². The molecule has 6 atom stereocenters. The normalized spacial score (nSPS) is 26.2. The van der Waals surface area contributed by atoms with Crippen molar-refractivity contribution in [2.45, 2.75) is 111 Å². The first-order chi connectivity index (χ1) is 25.3. The standard InChI is InChI=1S/C36H40N2O14S2/c1-35(2)31(37-23(39)19-25(37)53(35,45)46)33(43)51-29(17-21-11-7-5-8-12-21)49-27(41)15-16-28(42)50-30(18-22-13-9-6-10-14-22)52-34(44)32-36(3,4)54(47,48)26-20-24(40)38(26)32/h5-14,25-26,29-32H,15-20H2,1-4H3/t25-,26-,29?,30?,31+,32+/m1/s1. The molecule has 2 unspecified atom stereocenters. The predicted octanol–water partition coefficient (Wildman–Crippen LogP) is 1.35. The summed E-state index contributed by atoms with van der Waals surface area (Å²) < 4.78 is 70.8. The average molecular weight is 789 g/mol. The lowest BCUT2D eigenvalue weighted by Crippen LogP contribution is -2.58. The molecule has 6 rings (SSSR count). The monoisotopic (exact) mass is 788 g/mol. The SMILES string of the molecule is CC1(C)[C@H](C(=O)OC(Cc2ccccc2)OC(=O)CCC(=O)OC(Cc2ccccc2)OC(=O)[C@@H]2N3C(=O)C[C@H]3S(=O)(=O)C2(C)C)N2C(=O)C[C@H]2S1(=O)=O. The maximum atomic E-state index is 13.5. The van der Waals surface area contributed by atoms with Crippen molar-refractivity contribution in [3.63, 3.8) is 0 Å². The Kier molecular flexibility index (Phi) is 10.1. The van der Waals surface area contributed by atoms with Gasteiger partial charge in [0.1, 0.15) is 22.8 Å². The lowest BCUT2D eigenvalue weighted by atomic mass is 9.98. The lowest BCUT2D eigenvalue weighted by Gasteiger charge is -2.36. The molecule has 4 heterocycles. The van der Waals surface area contributed by atoms with Gasteiger partial charge in [0, 0.05) is 12.8 Å². The number of ether oxygens (including phenoxy) is 4.